The van der Waals surface area contributed by atoms with E-state index in [1.54, 1.807) is 13.2 Å². The maximum Gasteiger partial charge on any atom is 0.237 e. The van der Waals surface area contributed by atoms with E-state index >= 15 is 0 Å². The minimum absolute atomic E-state index is 0.0177. The van der Waals surface area contributed by atoms with E-state index in [1.807, 2.05) is 18.2 Å². The lowest BCUT2D eigenvalue weighted by Crippen LogP contribution is -2.49. The zero-order valence-corrected chi connectivity index (χ0v) is 11.1. The van der Waals surface area contributed by atoms with Crippen LogP contribution < -0.4 is 15.4 Å². The van der Waals surface area contributed by atoms with E-state index in [-0.39, 0.29) is 11.9 Å². The van der Waals surface area contributed by atoms with Gasteiger partial charge in [-0.1, -0.05) is 12.1 Å². The molecule has 1 aromatic carbocycles. The fourth-order valence-corrected chi connectivity index (χ4v) is 2.19. The van der Waals surface area contributed by atoms with Crippen molar-refractivity contribution in [1.29, 1.82) is 0 Å². The number of rotatable bonds is 5. The van der Waals surface area contributed by atoms with Gasteiger partial charge in [0.05, 0.1) is 19.3 Å². The average Bonchev–Trinajstić information content (AvgIpc) is 2.46. The van der Waals surface area contributed by atoms with Crippen LogP contribution in [0.25, 0.3) is 0 Å². The van der Waals surface area contributed by atoms with E-state index in [2.05, 4.69) is 10.6 Å². The van der Waals surface area contributed by atoms with Crippen molar-refractivity contribution in [2.45, 2.75) is 25.0 Å². The molecule has 5 heteroatoms. The van der Waals surface area contributed by atoms with Gasteiger partial charge in [0.25, 0.3) is 0 Å². The second-order valence-electron chi connectivity index (χ2n) is 4.69. The Morgan fingerprint density at radius 2 is 2.42 bits per heavy atom. The Balaban J connectivity index is 1.89. The third kappa shape index (κ3) is 3.68. The number of aliphatic hydroxyl groups is 1. The van der Waals surface area contributed by atoms with Gasteiger partial charge in [0.15, 0.2) is 0 Å². The van der Waals surface area contributed by atoms with Gasteiger partial charge in [-0.3, -0.25) is 4.79 Å². The minimum Gasteiger partial charge on any atom is -0.497 e. The number of ether oxygens (including phenoxy) is 1. The molecule has 1 aliphatic heterocycles. The normalized spacial score (nSPS) is 20.7. The molecule has 0 aromatic heterocycles. The lowest BCUT2D eigenvalue weighted by Gasteiger charge is -2.24. The molecule has 3 N–H and O–H groups in total. The smallest absolute Gasteiger partial charge is 0.237 e. The summed E-state index contributed by atoms with van der Waals surface area (Å²) in [5, 5.41) is 16.0. The van der Waals surface area contributed by atoms with E-state index in [1.165, 1.54) is 0 Å². The first-order chi connectivity index (χ1) is 9.20. The Morgan fingerprint density at radius 1 is 1.58 bits per heavy atom. The highest BCUT2D eigenvalue weighted by molar-refractivity contribution is 5.82. The standard InChI is InChI=1S/C14H20N2O3/c1-19-11-5-2-4-10(8-11)13(17)9-16-12-6-3-7-15-14(12)18/h2,4-5,8,12-13,16-17H,3,6-7,9H2,1H3,(H,15,18). The molecule has 0 bridgehead atoms. The summed E-state index contributed by atoms with van der Waals surface area (Å²) in [4.78, 5) is 11.6. The Labute approximate surface area is 113 Å². The van der Waals surface area contributed by atoms with Crippen molar-refractivity contribution in [2.24, 2.45) is 0 Å². The maximum absolute atomic E-state index is 11.6. The lowest BCUT2D eigenvalue weighted by molar-refractivity contribution is -0.124. The number of nitrogens with one attached hydrogen (secondary N) is 2. The molecule has 0 radical (unpaired) electrons. The maximum atomic E-state index is 11.6. The lowest BCUT2D eigenvalue weighted by atomic mass is 10.1. The number of hydrogen-bond acceptors (Lipinski definition) is 4. The summed E-state index contributed by atoms with van der Waals surface area (Å²) in [6.07, 6.45) is 1.14. The van der Waals surface area contributed by atoms with E-state index in [9.17, 15) is 9.90 Å². The number of amides is 1. The highest BCUT2D eigenvalue weighted by Gasteiger charge is 2.22. The van der Waals surface area contributed by atoms with Crippen molar-refractivity contribution in [3.05, 3.63) is 29.8 Å². The Bertz CT molecular complexity index is 436. The summed E-state index contributed by atoms with van der Waals surface area (Å²) < 4.78 is 5.12. The number of piperidine rings is 1. The van der Waals surface area contributed by atoms with Gasteiger partial charge in [-0.05, 0) is 30.5 Å². The molecule has 104 valence electrons. The molecule has 19 heavy (non-hydrogen) atoms. The largest absolute Gasteiger partial charge is 0.497 e. The molecule has 1 heterocycles. The number of benzene rings is 1. The molecule has 5 nitrogen and oxygen atoms in total. The molecule has 2 atom stereocenters. The molecule has 0 spiro atoms. The van der Waals surface area contributed by atoms with Crippen LogP contribution in [0.1, 0.15) is 24.5 Å². The van der Waals surface area contributed by atoms with Gasteiger partial charge >= 0.3 is 0 Å². The Kier molecular flexibility index (Phi) is 4.76. The summed E-state index contributed by atoms with van der Waals surface area (Å²) in [6.45, 7) is 1.10. The van der Waals surface area contributed by atoms with Crippen molar-refractivity contribution in [2.75, 3.05) is 20.2 Å². The molecule has 1 aromatic rings. The minimum atomic E-state index is -0.648. The SMILES string of the molecule is COc1cccc(C(O)CNC2CCCNC2=O)c1. The van der Waals surface area contributed by atoms with Crippen molar-refractivity contribution in [3.8, 4) is 5.75 Å². The molecule has 1 saturated heterocycles. The second-order valence-corrected chi connectivity index (χ2v) is 4.69. The summed E-state index contributed by atoms with van der Waals surface area (Å²) in [5.74, 6) is 0.732. The summed E-state index contributed by atoms with van der Waals surface area (Å²) in [5.41, 5.74) is 0.781. The van der Waals surface area contributed by atoms with E-state index in [0.29, 0.717) is 12.3 Å². The van der Waals surface area contributed by atoms with Crippen LogP contribution in [0.15, 0.2) is 24.3 Å². The molecular formula is C14H20N2O3. The van der Waals surface area contributed by atoms with Crippen molar-refractivity contribution in [3.63, 3.8) is 0 Å². The topological polar surface area (TPSA) is 70.6 Å². The van der Waals surface area contributed by atoms with Gasteiger partial charge in [0.1, 0.15) is 5.75 Å². The van der Waals surface area contributed by atoms with Crippen LogP contribution in [0.5, 0.6) is 5.75 Å². The van der Waals surface area contributed by atoms with Gasteiger partial charge in [-0.15, -0.1) is 0 Å². The van der Waals surface area contributed by atoms with Crippen LogP contribution in [0.2, 0.25) is 0 Å². The van der Waals surface area contributed by atoms with E-state index in [4.69, 9.17) is 4.74 Å². The summed E-state index contributed by atoms with van der Waals surface area (Å²) >= 11 is 0. The van der Waals surface area contributed by atoms with Gasteiger partial charge in [0.2, 0.25) is 5.91 Å². The predicted octanol–water partition coefficient (Wildman–Crippen LogP) is 0.597. The van der Waals surface area contributed by atoms with E-state index in [0.717, 1.165) is 24.9 Å². The quantitative estimate of drug-likeness (QED) is 0.728. The Morgan fingerprint density at radius 3 is 3.16 bits per heavy atom. The molecule has 1 aliphatic rings. The fourth-order valence-electron chi connectivity index (χ4n) is 2.19. The van der Waals surface area contributed by atoms with Crippen LogP contribution in [0.3, 0.4) is 0 Å². The van der Waals surface area contributed by atoms with Gasteiger partial charge in [0, 0.05) is 13.1 Å². The highest BCUT2D eigenvalue weighted by Crippen LogP contribution is 2.18. The molecule has 0 saturated carbocycles. The van der Waals surface area contributed by atoms with Crippen LogP contribution in [0.4, 0.5) is 0 Å². The third-order valence-electron chi connectivity index (χ3n) is 3.32. The highest BCUT2D eigenvalue weighted by atomic mass is 16.5. The van der Waals surface area contributed by atoms with Crippen LogP contribution in [-0.4, -0.2) is 37.3 Å². The zero-order chi connectivity index (χ0) is 13.7. The first-order valence-corrected chi connectivity index (χ1v) is 6.54. The number of carbonyl (C=O) groups is 1. The molecule has 1 fully saturated rings. The fraction of sp³-hybridized carbons (Fsp3) is 0.500. The van der Waals surface area contributed by atoms with Gasteiger partial charge in [-0.25, -0.2) is 0 Å². The molecular weight excluding hydrogens is 244 g/mol. The molecule has 0 aliphatic carbocycles. The van der Waals surface area contributed by atoms with Crippen LogP contribution in [-0.2, 0) is 4.79 Å². The number of carbonyl (C=O) groups excluding carboxylic acids is 1. The van der Waals surface area contributed by atoms with Crippen LogP contribution in [0, 0.1) is 0 Å². The first kappa shape index (κ1) is 13.8. The predicted molar refractivity (Wildman–Crippen MR) is 72.0 cm³/mol. The molecule has 2 rings (SSSR count). The van der Waals surface area contributed by atoms with Gasteiger partial charge in [-0.2, -0.15) is 0 Å². The number of aliphatic hydroxyl groups excluding tert-OH is 1. The van der Waals surface area contributed by atoms with E-state index < -0.39 is 6.10 Å². The van der Waals surface area contributed by atoms with Crippen LogP contribution >= 0.6 is 0 Å². The van der Waals surface area contributed by atoms with Crippen molar-refractivity contribution < 1.29 is 14.6 Å². The average molecular weight is 264 g/mol. The molecule has 2 unspecified atom stereocenters. The summed E-state index contributed by atoms with van der Waals surface area (Å²) in [6, 6.07) is 7.11. The monoisotopic (exact) mass is 264 g/mol. The first-order valence-electron chi connectivity index (χ1n) is 6.54. The summed E-state index contributed by atoms with van der Waals surface area (Å²) in [7, 11) is 1.59. The molecule has 1 amide bonds. The van der Waals surface area contributed by atoms with Gasteiger partial charge < -0.3 is 20.5 Å². The number of methoxy groups -OCH3 is 1. The van der Waals surface area contributed by atoms with Crippen molar-refractivity contribution >= 4 is 5.91 Å². The zero-order valence-electron chi connectivity index (χ0n) is 11.1. The number of hydrogen-bond donors (Lipinski definition) is 3. The Hall–Kier alpha value is -1.59. The third-order valence-corrected chi connectivity index (χ3v) is 3.32. The second kappa shape index (κ2) is 6.54. The van der Waals surface area contributed by atoms with Crippen molar-refractivity contribution in [1.82, 2.24) is 10.6 Å².